The molecule has 0 N–H and O–H groups in total. The Hall–Kier alpha value is -1.32. The molecule has 1 aliphatic rings. The molecule has 0 bridgehead atoms. The second-order valence-corrected chi connectivity index (χ2v) is 7.89. The molecule has 0 atom stereocenters. The first-order valence-electron chi connectivity index (χ1n) is 7.61. The van der Waals surface area contributed by atoms with Crippen molar-refractivity contribution in [2.75, 3.05) is 19.7 Å². The quantitative estimate of drug-likeness (QED) is 0.728. The van der Waals surface area contributed by atoms with Gasteiger partial charge in [0.2, 0.25) is 10.0 Å². The van der Waals surface area contributed by atoms with Crippen LogP contribution in [0.4, 0.5) is 13.2 Å². The van der Waals surface area contributed by atoms with E-state index in [4.69, 9.17) is 16.3 Å². The van der Waals surface area contributed by atoms with Crippen LogP contribution in [0.25, 0.3) is 0 Å². The molecule has 0 aromatic heterocycles. The Balaban J connectivity index is 2.22. The predicted octanol–water partition coefficient (Wildman–Crippen LogP) is 3.32. The summed E-state index contributed by atoms with van der Waals surface area (Å²) in [6.45, 7) is 1.93. The van der Waals surface area contributed by atoms with Gasteiger partial charge in [-0.2, -0.15) is 17.5 Å². The van der Waals surface area contributed by atoms with Gasteiger partial charge in [-0.25, -0.2) is 8.42 Å². The number of carbonyl (C=O) groups excluding carboxylic acids is 1. The van der Waals surface area contributed by atoms with Crippen LogP contribution in [0.2, 0.25) is 5.02 Å². The van der Waals surface area contributed by atoms with Gasteiger partial charge >= 0.3 is 12.1 Å². The highest BCUT2D eigenvalue weighted by Crippen LogP contribution is 2.35. The first kappa shape index (κ1) is 20.0. The molecule has 25 heavy (non-hydrogen) atoms. The number of esters is 1. The van der Waals surface area contributed by atoms with Crippen molar-refractivity contribution in [3.05, 3.63) is 28.8 Å². The van der Waals surface area contributed by atoms with Crippen LogP contribution in [0.3, 0.4) is 0 Å². The second kappa shape index (κ2) is 7.51. The Kier molecular flexibility index (Phi) is 6.01. The fraction of sp³-hybridized carbons (Fsp3) is 0.533. The number of carbonyl (C=O) groups is 1. The number of nitrogens with zero attached hydrogens (tertiary/aromatic N) is 1. The van der Waals surface area contributed by atoms with Gasteiger partial charge < -0.3 is 4.74 Å². The molecular formula is C15H17ClF3NO4S. The van der Waals surface area contributed by atoms with Crippen molar-refractivity contribution in [1.82, 2.24) is 4.31 Å². The summed E-state index contributed by atoms with van der Waals surface area (Å²) in [6, 6.07) is 2.19. The normalized spacial score (nSPS) is 17.5. The predicted molar refractivity (Wildman–Crippen MR) is 84.6 cm³/mol. The summed E-state index contributed by atoms with van der Waals surface area (Å²) in [5.74, 6) is -0.806. The van der Waals surface area contributed by atoms with E-state index in [2.05, 4.69) is 0 Å². The lowest BCUT2D eigenvalue weighted by Crippen LogP contribution is -2.40. The molecular weight excluding hydrogens is 383 g/mol. The Labute approximate surface area is 148 Å². The Bertz CT molecular complexity index is 744. The van der Waals surface area contributed by atoms with Gasteiger partial charge in [0.1, 0.15) is 4.90 Å². The average Bonchev–Trinajstić information content (AvgIpc) is 2.54. The van der Waals surface area contributed by atoms with Gasteiger partial charge in [-0.1, -0.05) is 11.6 Å². The zero-order chi connectivity index (χ0) is 18.8. The molecule has 1 heterocycles. The first-order valence-corrected chi connectivity index (χ1v) is 9.42. The van der Waals surface area contributed by atoms with Gasteiger partial charge in [-0.15, -0.1) is 0 Å². The minimum atomic E-state index is -4.67. The lowest BCUT2D eigenvalue weighted by molar-refractivity contribution is -0.149. The molecule has 0 aliphatic carbocycles. The molecule has 0 radical (unpaired) electrons. The molecule has 1 saturated heterocycles. The summed E-state index contributed by atoms with van der Waals surface area (Å²) >= 11 is 5.82. The van der Waals surface area contributed by atoms with Gasteiger partial charge in [0.25, 0.3) is 0 Å². The van der Waals surface area contributed by atoms with Crippen LogP contribution in [0.15, 0.2) is 23.1 Å². The van der Waals surface area contributed by atoms with Crippen LogP contribution in [0.1, 0.15) is 25.3 Å². The summed E-state index contributed by atoms with van der Waals surface area (Å²) < 4.78 is 69.8. The number of alkyl halides is 3. The lowest BCUT2D eigenvalue weighted by Gasteiger charge is -2.30. The zero-order valence-corrected chi connectivity index (χ0v) is 14.9. The van der Waals surface area contributed by atoms with Crippen molar-refractivity contribution in [3.63, 3.8) is 0 Å². The summed E-state index contributed by atoms with van der Waals surface area (Å²) in [5.41, 5.74) is -1.09. The van der Waals surface area contributed by atoms with Gasteiger partial charge in [-0.3, -0.25) is 4.79 Å². The van der Waals surface area contributed by atoms with E-state index < -0.39 is 38.5 Å². The lowest BCUT2D eigenvalue weighted by atomic mass is 9.98. The summed E-state index contributed by atoms with van der Waals surface area (Å²) in [6.07, 6.45) is -4.19. The van der Waals surface area contributed by atoms with E-state index in [1.165, 1.54) is 0 Å². The Morgan fingerprint density at radius 1 is 1.32 bits per heavy atom. The monoisotopic (exact) mass is 399 g/mol. The summed E-state index contributed by atoms with van der Waals surface area (Å²) in [5, 5.41) is -0.277. The molecule has 0 spiro atoms. The minimum absolute atomic E-state index is 0.0123. The molecule has 10 heteroatoms. The largest absolute Gasteiger partial charge is 0.466 e. The van der Waals surface area contributed by atoms with Gasteiger partial charge in [0.05, 0.1) is 23.1 Å². The molecule has 0 amide bonds. The van der Waals surface area contributed by atoms with E-state index in [1.54, 1.807) is 6.92 Å². The second-order valence-electron chi connectivity index (χ2n) is 5.57. The highest BCUT2D eigenvalue weighted by atomic mass is 35.5. The maximum atomic E-state index is 12.8. The number of hydrogen-bond donors (Lipinski definition) is 0. The summed E-state index contributed by atoms with van der Waals surface area (Å²) in [7, 11) is -4.19. The first-order chi connectivity index (χ1) is 11.6. The average molecular weight is 400 g/mol. The van der Waals surface area contributed by atoms with Crippen LogP contribution >= 0.6 is 11.6 Å². The zero-order valence-electron chi connectivity index (χ0n) is 13.3. The van der Waals surface area contributed by atoms with E-state index in [1.807, 2.05) is 0 Å². The van der Waals surface area contributed by atoms with E-state index in [-0.39, 0.29) is 37.6 Å². The molecule has 1 aliphatic heterocycles. The Morgan fingerprint density at radius 3 is 2.44 bits per heavy atom. The van der Waals surface area contributed by atoms with Crippen molar-refractivity contribution in [2.45, 2.75) is 30.8 Å². The molecule has 1 fully saturated rings. The molecule has 0 unspecified atom stereocenters. The molecule has 0 saturated carbocycles. The van der Waals surface area contributed by atoms with Gasteiger partial charge in [0.15, 0.2) is 0 Å². The highest BCUT2D eigenvalue weighted by Gasteiger charge is 2.36. The van der Waals surface area contributed by atoms with Crippen LogP contribution in [0, 0.1) is 5.92 Å². The standard InChI is InChI=1S/C15H17ClF3NO4S/c1-2-24-14(21)10-5-7-20(8-6-10)25(22,23)13-9-11(15(17,18)19)3-4-12(13)16/h3-4,9-10H,2,5-8H2,1H3. The smallest absolute Gasteiger partial charge is 0.416 e. The maximum Gasteiger partial charge on any atom is 0.416 e. The number of halogens is 4. The third-order valence-corrected chi connectivity index (χ3v) is 6.33. The van der Waals surface area contributed by atoms with Crippen LogP contribution in [-0.2, 0) is 25.7 Å². The van der Waals surface area contributed by atoms with Crippen molar-refractivity contribution >= 4 is 27.6 Å². The topological polar surface area (TPSA) is 63.7 Å². The number of rotatable bonds is 4. The molecule has 5 nitrogen and oxygen atoms in total. The van der Waals surface area contributed by atoms with Gasteiger partial charge in [-0.05, 0) is 38.0 Å². The van der Waals surface area contributed by atoms with Crippen molar-refractivity contribution in [3.8, 4) is 0 Å². The van der Waals surface area contributed by atoms with Crippen molar-refractivity contribution < 1.29 is 31.1 Å². The SMILES string of the molecule is CCOC(=O)C1CCN(S(=O)(=O)c2cc(C(F)(F)F)ccc2Cl)CC1. The van der Waals surface area contributed by atoms with Gasteiger partial charge in [0, 0.05) is 13.1 Å². The number of benzene rings is 1. The van der Waals surface area contributed by atoms with E-state index >= 15 is 0 Å². The van der Waals surface area contributed by atoms with E-state index in [0.29, 0.717) is 6.07 Å². The van der Waals surface area contributed by atoms with E-state index in [0.717, 1.165) is 16.4 Å². The third-order valence-electron chi connectivity index (χ3n) is 3.95. The number of hydrogen-bond acceptors (Lipinski definition) is 4. The number of piperidine rings is 1. The molecule has 2 rings (SSSR count). The molecule has 1 aromatic carbocycles. The van der Waals surface area contributed by atoms with Crippen molar-refractivity contribution in [1.29, 1.82) is 0 Å². The summed E-state index contributed by atoms with van der Waals surface area (Å²) in [4.78, 5) is 11.1. The van der Waals surface area contributed by atoms with Crippen LogP contribution in [-0.4, -0.2) is 38.4 Å². The number of ether oxygens (including phenoxy) is 1. The van der Waals surface area contributed by atoms with E-state index in [9.17, 15) is 26.4 Å². The maximum absolute atomic E-state index is 12.8. The molecule has 1 aromatic rings. The fourth-order valence-electron chi connectivity index (χ4n) is 2.61. The van der Waals surface area contributed by atoms with Crippen molar-refractivity contribution in [2.24, 2.45) is 5.92 Å². The van der Waals surface area contributed by atoms with Crippen LogP contribution < -0.4 is 0 Å². The Morgan fingerprint density at radius 2 is 1.92 bits per heavy atom. The van der Waals surface area contributed by atoms with Crippen LogP contribution in [0.5, 0.6) is 0 Å². The fourth-order valence-corrected chi connectivity index (χ4v) is 4.58. The molecule has 140 valence electrons. The third kappa shape index (κ3) is 4.45. The minimum Gasteiger partial charge on any atom is -0.466 e. The number of sulfonamides is 1. The highest BCUT2D eigenvalue weighted by molar-refractivity contribution is 7.89.